The van der Waals surface area contributed by atoms with Gasteiger partial charge in [0.25, 0.3) is 0 Å². The molecule has 2 heterocycles. The molecule has 1 N–H and O–H groups in total. The van der Waals surface area contributed by atoms with Crippen molar-refractivity contribution < 1.29 is 0 Å². The van der Waals surface area contributed by atoms with E-state index in [4.69, 9.17) is 16.7 Å². The molecule has 4 rings (SSSR count). The third-order valence-electron chi connectivity index (χ3n) is 4.12. The van der Waals surface area contributed by atoms with Crippen LogP contribution < -0.4 is 10.4 Å². The van der Waals surface area contributed by atoms with Crippen LogP contribution in [0.25, 0.3) is 0 Å². The zero-order valence-electron chi connectivity index (χ0n) is 14.5. The molecule has 0 spiro atoms. The molecule has 1 aliphatic rings. The van der Waals surface area contributed by atoms with Gasteiger partial charge in [-0.05, 0) is 35.4 Å². The van der Waals surface area contributed by atoms with Crippen LogP contribution in [0.15, 0.2) is 76.9 Å². The second kappa shape index (κ2) is 7.97. The van der Waals surface area contributed by atoms with E-state index >= 15 is 0 Å². The minimum atomic E-state index is 0.347. The molecule has 0 aliphatic carbocycles. The first-order valence-electron chi connectivity index (χ1n) is 8.57. The summed E-state index contributed by atoms with van der Waals surface area (Å²) in [6.07, 6.45) is 2.67. The number of benzene rings is 2. The molecule has 0 bridgehead atoms. The molecule has 1 aromatic heterocycles. The fourth-order valence-corrected chi connectivity index (χ4v) is 2.86. The van der Waals surface area contributed by atoms with Crippen molar-refractivity contribution in [3.05, 3.63) is 83.0 Å². The van der Waals surface area contributed by atoms with E-state index in [0.29, 0.717) is 11.0 Å². The summed E-state index contributed by atoms with van der Waals surface area (Å²) in [5.41, 5.74) is 7.16. The normalized spacial score (nSPS) is 13.8. The van der Waals surface area contributed by atoms with Gasteiger partial charge >= 0.3 is 0 Å². The molecule has 0 saturated carbocycles. The van der Waals surface area contributed by atoms with Gasteiger partial charge in [-0.1, -0.05) is 54.1 Å². The van der Waals surface area contributed by atoms with Crippen LogP contribution in [0.3, 0.4) is 0 Å². The van der Waals surface area contributed by atoms with Crippen molar-refractivity contribution >= 4 is 35.0 Å². The summed E-state index contributed by atoms with van der Waals surface area (Å²) in [5.74, 6) is 0.534. The lowest BCUT2D eigenvalue weighted by atomic mass is 10.1. The molecule has 0 unspecified atom stereocenters. The molecule has 3 aromatic rings. The molecule has 0 atom stereocenters. The van der Waals surface area contributed by atoms with Crippen LogP contribution >= 0.6 is 11.6 Å². The predicted molar refractivity (Wildman–Crippen MR) is 110 cm³/mol. The van der Waals surface area contributed by atoms with E-state index < -0.39 is 0 Å². The Balaban J connectivity index is 1.40. The summed E-state index contributed by atoms with van der Waals surface area (Å²) in [5, 5.41) is 18.9. The Kier molecular flexibility index (Phi) is 5.07. The molecule has 6 nitrogen and oxygen atoms in total. The topological polar surface area (TPSA) is 65.8 Å². The van der Waals surface area contributed by atoms with Crippen LogP contribution in [-0.2, 0) is 0 Å². The Bertz CT molecular complexity index is 952. The van der Waals surface area contributed by atoms with Gasteiger partial charge in [-0.15, -0.1) is 10.2 Å². The number of rotatable bonds is 5. The fraction of sp³-hybridized carbons (Fsp3) is 0.100. The first-order chi connectivity index (χ1) is 13.3. The maximum atomic E-state index is 5.70. The lowest BCUT2D eigenvalue weighted by Crippen LogP contribution is -2.11. The highest BCUT2D eigenvalue weighted by Crippen LogP contribution is 2.22. The minimum absolute atomic E-state index is 0.347. The van der Waals surface area contributed by atoms with Gasteiger partial charge in [0.1, 0.15) is 0 Å². The maximum Gasteiger partial charge on any atom is 0.168 e. The molecule has 0 amide bonds. The Morgan fingerprint density at radius 3 is 2.52 bits per heavy atom. The van der Waals surface area contributed by atoms with Crippen molar-refractivity contribution in [2.75, 3.05) is 17.0 Å². The number of hydrogen-bond acceptors (Lipinski definition) is 6. The van der Waals surface area contributed by atoms with Gasteiger partial charge in [0.2, 0.25) is 0 Å². The third-order valence-corrected chi connectivity index (χ3v) is 4.33. The molecular formula is C20H17ClN6. The zero-order valence-corrected chi connectivity index (χ0v) is 15.2. The van der Waals surface area contributed by atoms with Crippen LogP contribution in [0.1, 0.15) is 17.5 Å². The first-order valence-corrected chi connectivity index (χ1v) is 8.94. The Morgan fingerprint density at radius 1 is 0.963 bits per heavy atom. The number of aromatic nitrogens is 2. The minimum Gasteiger partial charge on any atom is -0.265 e. The number of nitrogens with one attached hydrogen (secondary N) is 1. The maximum absolute atomic E-state index is 5.70. The van der Waals surface area contributed by atoms with Gasteiger partial charge in [0.15, 0.2) is 11.0 Å². The van der Waals surface area contributed by atoms with Crippen LogP contribution in [0.2, 0.25) is 5.15 Å². The summed E-state index contributed by atoms with van der Waals surface area (Å²) >= 11 is 5.70. The predicted octanol–water partition coefficient (Wildman–Crippen LogP) is 4.19. The number of anilines is 2. The van der Waals surface area contributed by atoms with Crippen molar-refractivity contribution in [3.8, 4) is 0 Å². The Labute approximate surface area is 162 Å². The molecule has 0 radical (unpaired) electrons. The summed E-state index contributed by atoms with van der Waals surface area (Å²) < 4.78 is 0. The zero-order chi connectivity index (χ0) is 18.5. The molecule has 0 saturated heterocycles. The van der Waals surface area contributed by atoms with E-state index in [1.54, 1.807) is 18.3 Å². The number of halogens is 1. The van der Waals surface area contributed by atoms with Gasteiger partial charge in [-0.2, -0.15) is 10.2 Å². The Morgan fingerprint density at radius 2 is 1.78 bits per heavy atom. The summed E-state index contributed by atoms with van der Waals surface area (Å²) in [6, 6.07) is 21.8. The summed E-state index contributed by atoms with van der Waals surface area (Å²) in [7, 11) is 0. The summed E-state index contributed by atoms with van der Waals surface area (Å²) in [6.45, 7) is 0.883. The molecule has 2 aromatic carbocycles. The van der Waals surface area contributed by atoms with Crippen LogP contribution in [-0.4, -0.2) is 28.7 Å². The van der Waals surface area contributed by atoms with E-state index in [9.17, 15) is 0 Å². The van der Waals surface area contributed by atoms with Crippen molar-refractivity contribution in [1.29, 1.82) is 0 Å². The van der Waals surface area contributed by atoms with Crippen molar-refractivity contribution in [2.45, 2.75) is 6.42 Å². The van der Waals surface area contributed by atoms with E-state index in [1.165, 1.54) is 5.56 Å². The molecule has 1 aliphatic heterocycles. The monoisotopic (exact) mass is 376 g/mol. The van der Waals surface area contributed by atoms with Gasteiger partial charge in [0, 0.05) is 13.0 Å². The van der Waals surface area contributed by atoms with E-state index in [1.807, 2.05) is 47.5 Å². The van der Waals surface area contributed by atoms with E-state index in [2.05, 4.69) is 32.9 Å². The smallest absolute Gasteiger partial charge is 0.168 e. The largest absolute Gasteiger partial charge is 0.265 e. The van der Waals surface area contributed by atoms with Crippen LogP contribution in [0, 0.1) is 0 Å². The van der Waals surface area contributed by atoms with Crippen molar-refractivity contribution in [3.63, 3.8) is 0 Å². The fourth-order valence-electron chi connectivity index (χ4n) is 2.76. The van der Waals surface area contributed by atoms with E-state index in [-0.39, 0.29) is 0 Å². The third kappa shape index (κ3) is 4.30. The second-order valence-corrected chi connectivity index (χ2v) is 6.38. The molecule has 27 heavy (non-hydrogen) atoms. The molecule has 7 heteroatoms. The highest BCUT2D eigenvalue weighted by Gasteiger charge is 2.16. The molecule has 134 valence electrons. The quantitative estimate of drug-likeness (QED) is 0.535. The van der Waals surface area contributed by atoms with Gasteiger partial charge in [-0.3, -0.25) is 10.4 Å². The summed E-state index contributed by atoms with van der Waals surface area (Å²) in [4.78, 5) is 0. The van der Waals surface area contributed by atoms with Gasteiger partial charge in [-0.25, -0.2) is 0 Å². The van der Waals surface area contributed by atoms with Crippen LogP contribution in [0.5, 0.6) is 0 Å². The van der Waals surface area contributed by atoms with Crippen LogP contribution in [0.4, 0.5) is 11.5 Å². The average molecular weight is 377 g/mol. The highest BCUT2D eigenvalue weighted by atomic mass is 35.5. The standard InChI is InChI=1S/C20H17ClN6/c21-19-10-11-20(25-23-19)24-22-14-15-6-8-17(9-7-15)27-13-12-18(26-27)16-4-2-1-3-5-16/h1-11,14H,12-13H2,(H,24,25). The highest BCUT2D eigenvalue weighted by molar-refractivity contribution is 6.29. The number of hydrazone groups is 2. The first kappa shape index (κ1) is 17.2. The SMILES string of the molecule is Clc1ccc(NN=Cc2ccc(N3CCC(c4ccccc4)=N3)cc2)nn1. The number of hydrogen-bond donors (Lipinski definition) is 1. The van der Waals surface area contributed by atoms with Gasteiger partial charge in [0.05, 0.1) is 17.6 Å². The average Bonchev–Trinajstić information content (AvgIpc) is 3.21. The second-order valence-electron chi connectivity index (χ2n) is 5.99. The van der Waals surface area contributed by atoms with Crippen molar-refractivity contribution in [1.82, 2.24) is 10.2 Å². The van der Waals surface area contributed by atoms with Crippen molar-refractivity contribution in [2.24, 2.45) is 10.2 Å². The molecule has 0 fully saturated rings. The lowest BCUT2D eigenvalue weighted by molar-refractivity contribution is 0.922. The lowest BCUT2D eigenvalue weighted by Gasteiger charge is -2.13. The van der Waals surface area contributed by atoms with Gasteiger partial charge < -0.3 is 0 Å². The number of nitrogens with zero attached hydrogens (tertiary/aromatic N) is 5. The molecular weight excluding hydrogens is 360 g/mol. The Hall–Kier alpha value is -3.25. The van der Waals surface area contributed by atoms with E-state index in [0.717, 1.165) is 29.9 Å².